The highest BCUT2D eigenvalue weighted by atomic mass is 32.2. The zero-order valence-electron chi connectivity index (χ0n) is 24.9. The quantitative estimate of drug-likeness (QED) is 0.183. The fourth-order valence-electron chi connectivity index (χ4n) is 7.86. The first kappa shape index (κ1) is 26.0. The lowest BCUT2D eigenvalue weighted by Crippen LogP contribution is -2.74. The molecule has 3 heterocycles. The summed E-state index contributed by atoms with van der Waals surface area (Å²) in [6.07, 6.45) is 0. The van der Waals surface area contributed by atoms with Gasteiger partial charge in [0.15, 0.2) is 8.07 Å². The smallest absolute Gasteiger partial charge is 0.183 e. The number of fused-ring (bicyclic) bond motifs is 12. The van der Waals surface area contributed by atoms with Gasteiger partial charge in [0.1, 0.15) is 11.2 Å². The summed E-state index contributed by atoms with van der Waals surface area (Å²) < 4.78 is 6.38. The summed E-state index contributed by atoms with van der Waals surface area (Å²) in [4.78, 5) is 5.13. The second kappa shape index (κ2) is 9.85. The Morgan fingerprint density at radius 3 is 1.80 bits per heavy atom. The Morgan fingerprint density at radius 2 is 1.00 bits per heavy atom. The maximum Gasteiger partial charge on any atom is 0.183 e. The van der Waals surface area contributed by atoms with Gasteiger partial charge in [-0.25, -0.2) is 0 Å². The molecule has 2 aliphatic heterocycles. The van der Waals surface area contributed by atoms with Gasteiger partial charge in [0, 0.05) is 43.7 Å². The predicted octanol–water partition coefficient (Wildman–Crippen LogP) is 8.88. The van der Waals surface area contributed by atoms with Crippen LogP contribution in [0, 0.1) is 0 Å². The third-order valence-corrected chi connectivity index (χ3v) is 16.2. The van der Waals surface area contributed by atoms with E-state index in [-0.39, 0.29) is 0 Å². The van der Waals surface area contributed by atoms with E-state index in [0.29, 0.717) is 0 Å². The van der Waals surface area contributed by atoms with Crippen molar-refractivity contribution in [3.63, 3.8) is 0 Å². The van der Waals surface area contributed by atoms with Gasteiger partial charge in [-0.2, -0.15) is 0 Å². The van der Waals surface area contributed by atoms with Gasteiger partial charge in [0.25, 0.3) is 0 Å². The Labute approximate surface area is 272 Å². The summed E-state index contributed by atoms with van der Waals surface area (Å²) in [7, 11) is -2.61. The number of furan rings is 1. The fraction of sp³-hybridized carbons (Fsp3) is 0. The van der Waals surface area contributed by atoms with Gasteiger partial charge in [-0.05, 0) is 86.5 Å². The maximum atomic E-state index is 6.38. The van der Waals surface area contributed by atoms with E-state index in [1.165, 1.54) is 41.7 Å². The molecule has 0 unspecified atom stereocenters. The van der Waals surface area contributed by atoms with Gasteiger partial charge in [-0.1, -0.05) is 115 Å². The Balaban J connectivity index is 1.26. The number of hydrogen-bond donors (Lipinski definition) is 0. The molecule has 7 aromatic carbocycles. The van der Waals surface area contributed by atoms with Crippen LogP contribution in [0.15, 0.2) is 178 Å². The molecule has 10 rings (SSSR count). The molecule has 0 N–H and O–H groups in total. The van der Waals surface area contributed by atoms with Crippen molar-refractivity contribution in [2.24, 2.45) is 0 Å². The topological polar surface area (TPSA) is 16.4 Å². The Morgan fingerprint density at radius 1 is 0.413 bits per heavy atom. The maximum absolute atomic E-state index is 6.38. The average molecular weight is 622 g/mol. The average Bonchev–Trinajstić information content (AvgIpc) is 3.62. The molecule has 46 heavy (non-hydrogen) atoms. The standard InChI is InChI=1S/C42H27NOSSi/c1-2-12-28(13-3-1)43(29-22-24-32-31-14-4-6-16-35(31)44-36(32)26-29)30-23-25-34-33-15-5-9-19-39(33)46(42(34)27-30)40-20-10-7-17-37(40)45-38-18-8-11-21-41(38)46/h1-27H. The molecular weight excluding hydrogens is 595 g/mol. The summed E-state index contributed by atoms with van der Waals surface area (Å²) >= 11 is 1.91. The minimum atomic E-state index is -2.61. The van der Waals surface area contributed by atoms with E-state index in [9.17, 15) is 0 Å². The van der Waals surface area contributed by atoms with Gasteiger partial charge >= 0.3 is 0 Å². The molecule has 1 aromatic heterocycles. The highest BCUT2D eigenvalue weighted by Crippen LogP contribution is 2.42. The molecule has 0 radical (unpaired) electrons. The predicted molar refractivity (Wildman–Crippen MR) is 195 cm³/mol. The van der Waals surface area contributed by atoms with E-state index in [4.69, 9.17) is 4.42 Å². The van der Waals surface area contributed by atoms with Crippen LogP contribution in [0.2, 0.25) is 0 Å². The van der Waals surface area contributed by atoms with Crippen molar-refractivity contribution < 1.29 is 4.42 Å². The largest absolute Gasteiger partial charge is 0.456 e. The lowest BCUT2D eigenvalue weighted by molar-refractivity contribution is 0.669. The Bertz CT molecular complexity index is 2440. The molecule has 0 amide bonds. The molecule has 2 nitrogen and oxygen atoms in total. The molecule has 8 aromatic rings. The van der Waals surface area contributed by atoms with E-state index >= 15 is 0 Å². The summed E-state index contributed by atoms with van der Waals surface area (Å²) in [5, 5.41) is 8.19. The summed E-state index contributed by atoms with van der Waals surface area (Å²) in [5.74, 6) is 0. The van der Waals surface area contributed by atoms with Crippen molar-refractivity contribution in [2.75, 3.05) is 4.90 Å². The van der Waals surface area contributed by atoms with Gasteiger partial charge in [-0.3, -0.25) is 0 Å². The molecule has 2 aliphatic rings. The van der Waals surface area contributed by atoms with Crippen LogP contribution in [0.5, 0.6) is 0 Å². The second-order valence-electron chi connectivity index (χ2n) is 12.1. The van der Waals surface area contributed by atoms with E-state index in [0.717, 1.165) is 39.0 Å². The van der Waals surface area contributed by atoms with Crippen LogP contribution in [0.4, 0.5) is 17.1 Å². The van der Waals surface area contributed by atoms with Crippen LogP contribution in [-0.4, -0.2) is 8.07 Å². The molecular formula is C42H27NOSSi. The summed E-state index contributed by atoms with van der Waals surface area (Å²) in [6.45, 7) is 0. The lowest BCUT2D eigenvalue weighted by Gasteiger charge is -2.38. The Kier molecular flexibility index (Phi) is 5.56. The number of nitrogens with zero attached hydrogens (tertiary/aromatic N) is 1. The van der Waals surface area contributed by atoms with Crippen molar-refractivity contribution in [3.8, 4) is 11.1 Å². The number of para-hydroxylation sites is 2. The first-order chi connectivity index (χ1) is 22.8. The third kappa shape index (κ3) is 3.54. The molecule has 0 saturated heterocycles. The van der Waals surface area contributed by atoms with Gasteiger partial charge < -0.3 is 9.32 Å². The van der Waals surface area contributed by atoms with E-state index < -0.39 is 8.07 Å². The zero-order valence-corrected chi connectivity index (χ0v) is 26.7. The Hall–Kier alpha value is -5.29. The molecule has 0 aliphatic carbocycles. The van der Waals surface area contributed by atoms with Crippen molar-refractivity contribution in [3.05, 3.63) is 164 Å². The molecule has 216 valence electrons. The minimum absolute atomic E-state index is 0.895. The molecule has 4 heteroatoms. The van der Waals surface area contributed by atoms with E-state index in [1.54, 1.807) is 0 Å². The van der Waals surface area contributed by atoms with Crippen LogP contribution in [0.1, 0.15) is 0 Å². The molecule has 0 saturated carbocycles. The molecule has 0 bridgehead atoms. The molecule has 0 fully saturated rings. The van der Waals surface area contributed by atoms with Crippen molar-refractivity contribution in [2.45, 2.75) is 9.79 Å². The SMILES string of the molecule is c1ccc(N(c2ccc3c(c2)[Si]2(c4ccccc4Sc4ccccc42)c2ccccc2-3)c2ccc3c(c2)oc2ccccc23)cc1. The number of anilines is 3. The van der Waals surface area contributed by atoms with E-state index in [1.807, 2.05) is 23.9 Å². The molecule has 0 atom stereocenters. The summed E-state index contributed by atoms with van der Waals surface area (Å²) in [6, 6.07) is 60.2. The number of hydrogen-bond acceptors (Lipinski definition) is 3. The highest BCUT2D eigenvalue weighted by molar-refractivity contribution is 8.00. The van der Waals surface area contributed by atoms with Crippen molar-refractivity contribution >= 4 is 79.6 Å². The normalized spacial score (nSPS) is 13.7. The molecule has 1 spiro atoms. The monoisotopic (exact) mass is 621 g/mol. The van der Waals surface area contributed by atoms with Crippen LogP contribution < -0.4 is 25.6 Å². The second-order valence-corrected chi connectivity index (χ2v) is 16.8. The highest BCUT2D eigenvalue weighted by Gasteiger charge is 2.52. The van der Waals surface area contributed by atoms with Crippen LogP contribution >= 0.6 is 11.8 Å². The van der Waals surface area contributed by atoms with Crippen LogP contribution in [0.3, 0.4) is 0 Å². The number of rotatable bonds is 3. The van der Waals surface area contributed by atoms with Crippen molar-refractivity contribution in [1.29, 1.82) is 0 Å². The van der Waals surface area contributed by atoms with Crippen LogP contribution in [0.25, 0.3) is 33.1 Å². The zero-order chi connectivity index (χ0) is 30.2. The van der Waals surface area contributed by atoms with Gasteiger partial charge in [-0.15, -0.1) is 0 Å². The van der Waals surface area contributed by atoms with Gasteiger partial charge in [0.2, 0.25) is 0 Å². The minimum Gasteiger partial charge on any atom is -0.456 e. The van der Waals surface area contributed by atoms with E-state index in [2.05, 4.69) is 157 Å². The fourth-order valence-corrected chi connectivity index (χ4v) is 15.3. The summed E-state index contributed by atoms with van der Waals surface area (Å²) in [5.41, 5.74) is 7.86. The first-order valence-electron chi connectivity index (χ1n) is 15.7. The van der Waals surface area contributed by atoms with Gasteiger partial charge in [0.05, 0.1) is 0 Å². The van der Waals surface area contributed by atoms with Crippen molar-refractivity contribution in [1.82, 2.24) is 0 Å². The number of benzene rings is 7. The first-order valence-corrected chi connectivity index (χ1v) is 18.5. The third-order valence-electron chi connectivity index (χ3n) is 9.72. The lowest BCUT2D eigenvalue weighted by atomic mass is 10.0. The van der Waals surface area contributed by atoms with Crippen LogP contribution in [-0.2, 0) is 0 Å².